The van der Waals surface area contributed by atoms with E-state index < -0.39 is 5.76 Å². The number of hydrogen-bond acceptors (Lipinski definition) is 5. The highest BCUT2D eigenvalue weighted by Gasteiger charge is 2.08. The van der Waals surface area contributed by atoms with Crippen LogP contribution >= 0.6 is 11.8 Å². The Kier molecular flexibility index (Phi) is 6.88. The summed E-state index contributed by atoms with van der Waals surface area (Å²) in [5.41, 5.74) is 0.496. The summed E-state index contributed by atoms with van der Waals surface area (Å²) in [5, 5.41) is 2.63. The lowest BCUT2D eigenvalue weighted by molar-refractivity contribution is -0.118. The van der Waals surface area contributed by atoms with E-state index in [-0.39, 0.29) is 12.5 Å². The van der Waals surface area contributed by atoms with E-state index in [9.17, 15) is 13.6 Å². The summed E-state index contributed by atoms with van der Waals surface area (Å²) < 4.78 is 40.2. The molecule has 0 unspecified atom stereocenters. The van der Waals surface area contributed by atoms with Gasteiger partial charge in [-0.2, -0.15) is 8.78 Å². The van der Waals surface area contributed by atoms with Gasteiger partial charge in [-0.1, -0.05) is 11.8 Å². The van der Waals surface area contributed by atoms with Gasteiger partial charge >= 0.3 is 0 Å². The number of hydrogen-bond donors (Lipinski definition) is 1. The van der Waals surface area contributed by atoms with E-state index in [1.807, 2.05) is 0 Å². The molecular weight excluding hydrogens is 352 g/mol. The Balaban J connectivity index is 1.90. The molecule has 134 valence electrons. The van der Waals surface area contributed by atoms with Crippen molar-refractivity contribution in [2.45, 2.75) is 10.7 Å². The van der Waals surface area contributed by atoms with Crippen molar-refractivity contribution in [3.8, 4) is 17.2 Å². The summed E-state index contributed by atoms with van der Waals surface area (Å²) in [5.74, 6) is -1.34. The van der Waals surface area contributed by atoms with Crippen molar-refractivity contribution in [1.29, 1.82) is 0 Å². The van der Waals surface area contributed by atoms with E-state index >= 15 is 0 Å². The van der Waals surface area contributed by atoms with Crippen LogP contribution in [0.5, 0.6) is 17.2 Å². The fourth-order valence-corrected chi connectivity index (χ4v) is 2.43. The van der Waals surface area contributed by atoms with Crippen LogP contribution in [0.1, 0.15) is 0 Å². The third kappa shape index (κ3) is 6.15. The molecule has 0 saturated carbocycles. The average Bonchev–Trinajstić information content (AvgIpc) is 2.61. The largest absolute Gasteiger partial charge is 0.496 e. The number of nitrogens with one attached hydrogen (secondary N) is 1. The van der Waals surface area contributed by atoms with Gasteiger partial charge in [0.05, 0.1) is 14.2 Å². The number of thioether (sulfide) groups is 1. The Morgan fingerprint density at radius 3 is 2.12 bits per heavy atom. The van der Waals surface area contributed by atoms with E-state index in [0.717, 1.165) is 0 Å². The molecule has 0 radical (unpaired) electrons. The van der Waals surface area contributed by atoms with Gasteiger partial charge in [-0.25, -0.2) is 0 Å². The normalized spacial score (nSPS) is 10.4. The molecule has 2 aromatic carbocycles. The number of carbonyl (C=O) groups excluding carboxylic acids is 1. The smallest absolute Gasteiger partial charge is 0.288 e. The molecule has 1 amide bonds. The van der Waals surface area contributed by atoms with E-state index in [0.29, 0.717) is 39.6 Å². The van der Waals surface area contributed by atoms with Crippen LogP contribution in [0.25, 0.3) is 0 Å². The third-order valence-electron chi connectivity index (χ3n) is 3.06. The first kappa shape index (κ1) is 18.9. The molecule has 0 aliphatic carbocycles. The zero-order chi connectivity index (χ0) is 18.2. The molecule has 0 spiro atoms. The molecule has 1 N–H and O–H groups in total. The van der Waals surface area contributed by atoms with Gasteiger partial charge in [-0.05, 0) is 24.3 Å². The molecule has 25 heavy (non-hydrogen) atoms. The molecule has 2 aromatic rings. The Labute approximate surface area is 148 Å². The average molecular weight is 369 g/mol. The van der Waals surface area contributed by atoms with E-state index in [1.54, 1.807) is 30.3 Å². The predicted molar refractivity (Wildman–Crippen MR) is 92.0 cm³/mol. The van der Waals surface area contributed by atoms with Crippen LogP contribution in [0.4, 0.5) is 14.5 Å². The molecule has 5 nitrogen and oxygen atoms in total. The summed E-state index contributed by atoms with van der Waals surface area (Å²) in [4.78, 5) is 12.4. The number of anilines is 1. The van der Waals surface area contributed by atoms with E-state index in [2.05, 4.69) is 5.32 Å². The van der Waals surface area contributed by atoms with Crippen molar-refractivity contribution in [3.63, 3.8) is 0 Å². The second-order valence-corrected chi connectivity index (χ2v) is 5.85. The minimum Gasteiger partial charge on any atom is -0.496 e. The van der Waals surface area contributed by atoms with Gasteiger partial charge in [-0.3, -0.25) is 4.79 Å². The number of carbonyl (C=O) groups is 1. The SMILES string of the molecule is COc1cc(OC)cc(OCC(=O)Nc2ccc(SC(F)F)cc2)c1. The van der Waals surface area contributed by atoms with Crippen molar-refractivity contribution >= 4 is 23.4 Å². The van der Waals surface area contributed by atoms with Gasteiger partial charge in [0.2, 0.25) is 0 Å². The van der Waals surface area contributed by atoms with Gasteiger partial charge < -0.3 is 19.5 Å². The Hall–Kier alpha value is -2.48. The Morgan fingerprint density at radius 1 is 1.04 bits per heavy atom. The highest BCUT2D eigenvalue weighted by molar-refractivity contribution is 7.99. The second kappa shape index (κ2) is 9.12. The van der Waals surface area contributed by atoms with Crippen LogP contribution in [0, 0.1) is 0 Å². The van der Waals surface area contributed by atoms with Crippen LogP contribution in [0.2, 0.25) is 0 Å². The minimum atomic E-state index is -2.48. The van der Waals surface area contributed by atoms with Crippen molar-refractivity contribution in [2.24, 2.45) is 0 Å². The molecule has 0 fully saturated rings. The number of methoxy groups -OCH3 is 2. The Bertz CT molecular complexity index is 688. The van der Waals surface area contributed by atoms with Gasteiger partial charge in [0.25, 0.3) is 11.7 Å². The molecule has 0 heterocycles. The molecule has 8 heteroatoms. The number of benzene rings is 2. The monoisotopic (exact) mass is 369 g/mol. The standard InChI is InChI=1S/C17H17F2NO4S/c1-22-12-7-13(23-2)9-14(8-12)24-10-16(21)20-11-3-5-15(6-4-11)25-17(18)19/h3-9,17H,10H2,1-2H3,(H,20,21). The topological polar surface area (TPSA) is 56.8 Å². The minimum absolute atomic E-state index is 0.218. The zero-order valence-electron chi connectivity index (χ0n) is 13.6. The summed E-state index contributed by atoms with van der Waals surface area (Å²) in [6, 6.07) is 11.1. The molecule has 0 saturated heterocycles. The summed E-state index contributed by atoms with van der Waals surface area (Å²) >= 11 is 0.446. The number of amides is 1. The lowest BCUT2D eigenvalue weighted by atomic mass is 10.3. The Morgan fingerprint density at radius 2 is 1.60 bits per heavy atom. The molecule has 0 aliphatic heterocycles. The first-order valence-corrected chi connectivity index (χ1v) is 8.08. The lowest BCUT2D eigenvalue weighted by Crippen LogP contribution is -2.20. The number of alkyl halides is 2. The van der Waals surface area contributed by atoms with Crippen molar-refractivity contribution in [1.82, 2.24) is 0 Å². The van der Waals surface area contributed by atoms with Crippen LogP contribution in [0.3, 0.4) is 0 Å². The molecule has 0 bridgehead atoms. The molecule has 0 aliphatic rings. The van der Waals surface area contributed by atoms with Gasteiger partial charge in [0, 0.05) is 28.8 Å². The van der Waals surface area contributed by atoms with E-state index in [1.165, 1.54) is 26.4 Å². The first-order chi connectivity index (χ1) is 12.0. The lowest BCUT2D eigenvalue weighted by Gasteiger charge is -2.11. The number of halogens is 2. The zero-order valence-corrected chi connectivity index (χ0v) is 14.4. The fourth-order valence-electron chi connectivity index (χ4n) is 1.93. The van der Waals surface area contributed by atoms with Gasteiger partial charge in [0.15, 0.2) is 6.61 Å². The van der Waals surface area contributed by atoms with Crippen molar-refractivity contribution in [2.75, 3.05) is 26.1 Å². The molecule has 2 rings (SSSR count). The highest BCUT2D eigenvalue weighted by atomic mass is 32.2. The number of rotatable bonds is 8. The quantitative estimate of drug-likeness (QED) is 0.712. The maximum absolute atomic E-state index is 12.3. The summed E-state index contributed by atoms with van der Waals surface area (Å²) in [7, 11) is 3.03. The predicted octanol–water partition coefficient (Wildman–Crippen LogP) is 4.04. The maximum atomic E-state index is 12.3. The van der Waals surface area contributed by atoms with E-state index in [4.69, 9.17) is 14.2 Å². The fraction of sp³-hybridized carbons (Fsp3) is 0.235. The van der Waals surface area contributed by atoms with Gasteiger partial charge in [-0.15, -0.1) is 0 Å². The van der Waals surface area contributed by atoms with Crippen LogP contribution in [-0.2, 0) is 4.79 Å². The van der Waals surface area contributed by atoms with Crippen LogP contribution < -0.4 is 19.5 Å². The van der Waals surface area contributed by atoms with Crippen LogP contribution in [0.15, 0.2) is 47.4 Å². The molecular formula is C17H17F2NO4S. The van der Waals surface area contributed by atoms with Gasteiger partial charge in [0.1, 0.15) is 17.2 Å². The first-order valence-electron chi connectivity index (χ1n) is 7.20. The molecule has 0 aromatic heterocycles. The highest BCUT2D eigenvalue weighted by Crippen LogP contribution is 2.28. The summed E-state index contributed by atoms with van der Waals surface area (Å²) in [6.07, 6.45) is 0. The molecule has 0 atom stereocenters. The van der Waals surface area contributed by atoms with Crippen molar-refractivity contribution in [3.05, 3.63) is 42.5 Å². The van der Waals surface area contributed by atoms with Crippen LogP contribution in [-0.4, -0.2) is 32.5 Å². The second-order valence-electron chi connectivity index (χ2n) is 4.79. The van der Waals surface area contributed by atoms with Crippen molar-refractivity contribution < 1.29 is 27.8 Å². The summed E-state index contributed by atoms with van der Waals surface area (Å²) in [6.45, 7) is -0.218. The maximum Gasteiger partial charge on any atom is 0.288 e. The third-order valence-corrected chi connectivity index (χ3v) is 3.78. The number of ether oxygens (including phenoxy) is 3.